The average molecular weight is 256 g/mol. The molecular weight excluding hydrogens is 249 g/mol. The summed E-state index contributed by atoms with van der Waals surface area (Å²) in [5.74, 6) is -0.335. The fraction of sp³-hybridized carbons (Fsp3) is 0.100. The van der Waals surface area contributed by atoms with Crippen molar-refractivity contribution in [2.45, 2.75) is 6.36 Å². The van der Waals surface area contributed by atoms with Gasteiger partial charge >= 0.3 is 6.36 Å². The molecule has 5 nitrogen and oxygen atoms in total. The molecule has 2 rings (SSSR count). The molecule has 0 spiro atoms. The molecule has 94 valence electrons. The fourth-order valence-electron chi connectivity index (χ4n) is 1.24. The Kier molecular flexibility index (Phi) is 3.00. The van der Waals surface area contributed by atoms with E-state index in [2.05, 4.69) is 19.7 Å². The Hall–Kier alpha value is -2.38. The normalized spacial score (nSPS) is 11.3. The number of hydrogen-bond donors (Lipinski definition) is 1. The van der Waals surface area contributed by atoms with Gasteiger partial charge in [0.15, 0.2) is 0 Å². The van der Waals surface area contributed by atoms with Crippen molar-refractivity contribution in [3.63, 3.8) is 0 Å². The van der Waals surface area contributed by atoms with E-state index in [1.807, 2.05) is 0 Å². The molecule has 0 saturated carbocycles. The third kappa shape index (κ3) is 3.06. The van der Waals surface area contributed by atoms with Gasteiger partial charge in [-0.2, -0.15) is 0 Å². The number of nitrogens with two attached hydrogens (primary N) is 1. The van der Waals surface area contributed by atoms with Gasteiger partial charge in [-0.3, -0.25) is 4.98 Å². The Morgan fingerprint density at radius 3 is 2.39 bits per heavy atom. The van der Waals surface area contributed by atoms with E-state index in [0.717, 1.165) is 12.3 Å². The van der Waals surface area contributed by atoms with Crippen LogP contribution in [-0.4, -0.2) is 21.3 Å². The number of nitrogens with zero attached hydrogens (tertiary/aromatic N) is 3. The van der Waals surface area contributed by atoms with E-state index in [1.54, 1.807) is 6.07 Å². The number of rotatable bonds is 2. The zero-order chi connectivity index (χ0) is 13.2. The number of hydrogen-bond acceptors (Lipinski definition) is 5. The van der Waals surface area contributed by atoms with Gasteiger partial charge in [-0.1, -0.05) is 0 Å². The summed E-state index contributed by atoms with van der Waals surface area (Å²) in [5.41, 5.74) is 6.18. The highest BCUT2D eigenvalue weighted by molar-refractivity contribution is 5.55. The molecule has 0 aliphatic rings. The molecule has 0 aromatic carbocycles. The molecule has 2 aromatic heterocycles. The van der Waals surface area contributed by atoms with E-state index in [0.29, 0.717) is 11.4 Å². The summed E-state index contributed by atoms with van der Waals surface area (Å²) in [6, 6.07) is 4.04. The van der Waals surface area contributed by atoms with Crippen molar-refractivity contribution in [1.29, 1.82) is 0 Å². The van der Waals surface area contributed by atoms with Crippen molar-refractivity contribution < 1.29 is 17.9 Å². The van der Waals surface area contributed by atoms with Gasteiger partial charge in [0.1, 0.15) is 5.75 Å². The number of alkyl halides is 3. The van der Waals surface area contributed by atoms with Gasteiger partial charge in [0.05, 0.1) is 17.6 Å². The number of halogens is 3. The van der Waals surface area contributed by atoms with Gasteiger partial charge in [-0.15, -0.1) is 13.2 Å². The lowest BCUT2D eigenvalue weighted by molar-refractivity contribution is -0.274. The molecule has 0 bridgehead atoms. The van der Waals surface area contributed by atoms with Crippen LogP contribution in [0.4, 0.5) is 19.1 Å². The zero-order valence-corrected chi connectivity index (χ0v) is 8.85. The monoisotopic (exact) mass is 256 g/mol. The number of aromatic nitrogens is 3. The molecule has 0 atom stereocenters. The summed E-state index contributed by atoms with van der Waals surface area (Å²) in [6.07, 6.45) is -2.34. The number of nitrogen functional groups attached to an aromatic ring is 1. The van der Waals surface area contributed by atoms with E-state index in [4.69, 9.17) is 5.73 Å². The van der Waals surface area contributed by atoms with Crippen LogP contribution in [0.1, 0.15) is 0 Å². The predicted molar refractivity (Wildman–Crippen MR) is 56.4 cm³/mol. The van der Waals surface area contributed by atoms with Crippen molar-refractivity contribution in [1.82, 2.24) is 15.0 Å². The highest BCUT2D eigenvalue weighted by Crippen LogP contribution is 2.23. The van der Waals surface area contributed by atoms with E-state index in [1.165, 1.54) is 12.3 Å². The molecule has 2 N–H and O–H groups in total. The first-order valence-corrected chi connectivity index (χ1v) is 4.75. The molecule has 0 unspecified atom stereocenters. The summed E-state index contributed by atoms with van der Waals surface area (Å²) in [7, 11) is 0. The van der Waals surface area contributed by atoms with Crippen LogP contribution in [0.5, 0.6) is 5.75 Å². The molecule has 0 amide bonds. The molecule has 8 heteroatoms. The van der Waals surface area contributed by atoms with Crippen molar-refractivity contribution >= 4 is 5.95 Å². The predicted octanol–water partition coefficient (Wildman–Crippen LogP) is 2.02. The summed E-state index contributed by atoms with van der Waals surface area (Å²) in [5, 5.41) is 0. The van der Waals surface area contributed by atoms with Crippen molar-refractivity contribution in [2.24, 2.45) is 0 Å². The topological polar surface area (TPSA) is 73.9 Å². The van der Waals surface area contributed by atoms with Gasteiger partial charge in [0, 0.05) is 6.20 Å². The fourth-order valence-corrected chi connectivity index (χ4v) is 1.24. The Morgan fingerprint density at radius 2 is 1.83 bits per heavy atom. The number of ether oxygens (including phenoxy) is 1. The van der Waals surface area contributed by atoms with Crippen LogP contribution in [0.15, 0.2) is 30.6 Å². The number of pyridine rings is 1. The van der Waals surface area contributed by atoms with Crippen LogP contribution in [0.25, 0.3) is 11.4 Å². The molecule has 18 heavy (non-hydrogen) atoms. The molecule has 0 radical (unpaired) electrons. The Morgan fingerprint density at radius 1 is 1.06 bits per heavy atom. The maximum atomic E-state index is 11.9. The molecule has 2 heterocycles. The van der Waals surface area contributed by atoms with Crippen LogP contribution in [-0.2, 0) is 0 Å². The van der Waals surface area contributed by atoms with Crippen LogP contribution >= 0.6 is 0 Å². The maximum Gasteiger partial charge on any atom is 0.573 e. The van der Waals surface area contributed by atoms with E-state index in [-0.39, 0.29) is 5.95 Å². The van der Waals surface area contributed by atoms with Crippen LogP contribution in [0.2, 0.25) is 0 Å². The van der Waals surface area contributed by atoms with E-state index >= 15 is 0 Å². The molecule has 0 aliphatic heterocycles. The highest BCUT2D eigenvalue weighted by atomic mass is 19.4. The number of anilines is 1. The Balaban J connectivity index is 2.22. The van der Waals surface area contributed by atoms with Gasteiger partial charge in [0.2, 0.25) is 5.95 Å². The lowest BCUT2D eigenvalue weighted by Gasteiger charge is -2.08. The largest absolute Gasteiger partial charge is 0.573 e. The van der Waals surface area contributed by atoms with Crippen LogP contribution in [0, 0.1) is 0 Å². The van der Waals surface area contributed by atoms with Gasteiger partial charge < -0.3 is 10.5 Å². The third-order valence-corrected chi connectivity index (χ3v) is 1.91. The van der Waals surface area contributed by atoms with Crippen LogP contribution < -0.4 is 10.5 Å². The Labute approximate surface area is 99.5 Å². The van der Waals surface area contributed by atoms with Crippen molar-refractivity contribution in [2.75, 3.05) is 5.73 Å². The third-order valence-electron chi connectivity index (χ3n) is 1.91. The minimum Gasteiger partial charge on any atom is -0.404 e. The summed E-state index contributed by atoms with van der Waals surface area (Å²) in [6.45, 7) is 0. The van der Waals surface area contributed by atoms with Gasteiger partial charge in [-0.25, -0.2) is 9.97 Å². The summed E-state index contributed by atoms with van der Waals surface area (Å²) >= 11 is 0. The molecule has 0 fully saturated rings. The zero-order valence-electron chi connectivity index (χ0n) is 8.85. The SMILES string of the molecule is Nc1nccc(-c2ccc(OC(F)(F)F)cn2)n1. The van der Waals surface area contributed by atoms with Gasteiger partial charge in [0.25, 0.3) is 0 Å². The lowest BCUT2D eigenvalue weighted by atomic mass is 10.2. The molecule has 0 aliphatic carbocycles. The van der Waals surface area contributed by atoms with Crippen molar-refractivity contribution in [3.8, 4) is 17.1 Å². The lowest BCUT2D eigenvalue weighted by Crippen LogP contribution is -2.17. The second-order valence-corrected chi connectivity index (χ2v) is 3.23. The Bertz CT molecular complexity index is 542. The first-order chi connectivity index (χ1) is 8.44. The smallest absolute Gasteiger partial charge is 0.404 e. The highest BCUT2D eigenvalue weighted by Gasteiger charge is 2.31. The maximum absolute atomic E-state index is 11.9. The molecular formula is C10H7F3N4O. The summed E-state index contributed by atoms with van der Waals surface area (Å²) < 4.78 is 39.5. The first kappa shape index (κ1) is 12.1. The van der Waals surface area contributed by atoms with Gasteiger partial charge in [-0.05, 0) is 18.2 Å². The average Bonchev–Trinajstić information content (AvgIpc) is 2.28. The quantitative estimate of drug-likeness (QED) is 0.889. The first-order valence-electron chi connectivity index (χ1n) is 4.75. The minimum atomic E-state index is -4.73. The molecule has 0 saturated heterocycles. The molecule has 2 aromatic rings. The van der Waals surface area contributed by atoms with E-state index in [9.17, 15) is 13.2 Å². The van der Waals surface area contributed by atoms with Crippen molar-refractivity contribution in [3.05, 3.63) is 30.6 Å². The second-order valence-electron chi connectivity index (χ2n) is 3.23. The van der Waals surface area contributed by atoms with Crippen LogP contribution in [0.3, 0.4) is 0 Å². The summed E-state index contributed by atoms with van der Waals surface area (Å²) in [4.78, 5) is 11.4. The van der Waals surface area contributed by atoms with E-state index < -0.39 is 12.1 Å². The minimum absolute atomic E-state index is 0.0601. The second kappa shape index (κ2) is 4.47. The standard InChI is InChI=1S/C10H7F3N4O/c11-10(12,13)18-6-1-2-7(16-5-6)8-3-4-15-9(14)17-8/h1-5H,(H2,14,15,17).